The van der Waals surface area contributed by atoms with Gasteiger partial charge in [0.05, 0.1) is 23.6 Å². The van der Waals surface area contributed by atoms with Gasteiger partial charge in [0.2, 0.25) is 0 Å². The molecule has 0 atom stereocenters. The standard InChI is InChI=1S/C11H16N2O2/c1-4-5-6-15-11(14)10-7-8(2)12-13-9(10)3/h7H,4-6H2,1-3H3. The van der Waals surface area contributed by atoms with Crippen LogP contribution in [0.15, 0.2) is 6.07 Å². The second kappa shape index (κ2) is 5.44. The predicted molar refractivity (Wildman–Crippen MR) is 56.7 cm³/mol. The van der Waals surface area contributed by atoms with E-state index in [0.29, 0.717) is 17.9 Å². The van der Waals surface area contributed by atoms with E-state index in [1.165, 1.54) is 0 Å². The molecule has 0 unspecified atom stereocenters. The molecule has 0 radical (unpaired) electrons. The molecule has 0 aliphatic carbocycles. The summed E-state index contributed by atoms with van der Waals surface area (Å²) in [5.41, 5.74) is 1.85. The maximum absolute atomic E-state index is 11.6. The normalized spacial score (nSPS) is 10.1. The van der Waals surface area contributed by atoms with Crippen molar-refractivity contribution < 1.29 is 9.53 Å². The molecule has 1 heterocycles. The van der Waals surface area contributed by atoms with Gasteiger partial charge < -0.3 is 4.74 Å². The third-order valence-electron chi connectivity index (χ3n) is 2.05. The fourth-order valence-electron chi connectivity index (χ4n) is 1.14. The SMILES string of the molecule is CCCCOC(=O)c1cc(C)nnc1C. The Kier molecular flexibility index (Phi) is 4.21. The molecule has 15 heavy (non-hydrogen) atoms. The summed E-state index contributed by atoms with van der Waals surface area (Å²) in [6.45, 7) is 6.07. The van der Waals surface area contributed by atoms with Crippen molar-refractivity contribution in [3.63, 3.8) is 0 Å². The van der Waals surface area contributed by atoms with Crippen LogP contribution in [0, 0.1) is 13.8 Å². The third kappa shape index (κ3) is 3.31. The van der Waals surface area contributed by atoms with Crippen LogP contribution in [0.5, 0.6) is 0 Å². The zero-order valence-electron chi connectivity index (χ0n) is 9.41. The van der Waals surface area contributed by atoms with Gasteiger partial charge in [0.1, 0.15) is 0 Å². The lowest BCUT2D eigenvalue weighted by molar-refractivity contribution is 0.0498. The maximum Gasteiger partial charge on any atom is 0.340 e. The highest BCUT2D eigenvalue weighted by molar-refractivity contribution is 5.90. The first kappa shape index (κ1) is 11.6. The zero-order chi connectivity index (χ0) is 11.3. The smallest absolute Gasteiger partial charge is 0.340 e. The number of ether oxygens (including phenoxy) is 1. The first-order chi connectivity index (χ1) is 7.15. The lowest BCUT2D eigenvalue weighted by atomic mass is 10.2. The minimum absolute atomic E-state index is 0.307. The van der Waals surface area contributed by atoms with Crippen LogP contribution >= 0.6 is 0 Å². The summed E-state index contributed by atoms with van der Waals surface area (Å²) in [5.74, 6) is -0.307. The van der Waals surface area contributed by atoms with Crippen LogP contribution in [-0.2, 0) is 4.74 Å². The molecule has 0 amide bonds. The van der Waals surface area contributed by atoms with Crippen LogP contribution < -0.4 is 0 Å². The van der Waals surface area contributed by atoms with Gasteiger partial charge in [-0.2, -0.15) is 10.2 Å². The number of hydrogen-bond donors (Lipinski definition) is 0. The van der Waals surface area contributed by atoms with Gasteiger partial charge >= 0.3 is 5.97 Å². The molecule has 1 aromatic heterocycles. The Bertz CT molecular complexity index is 350. The second-order valence-electron chi connectivity index (χ2n) is 3.47. The molecule has 0 bridgehead atoms. The highest BCUT2D eigenvalue weighted by Crippen LogP contribution is 2.07. The molecule has 0 saturated heterocycles. The third-order valence-corrected chi connectivity index (χ3v) is 2.05. The van der Waals surface area contributed by atoms with Crippen LogP contribution in [0.1, 0.15) is 41.5 Å². The fourth-order valence-corrected chi connectivity index (χ4v) is 1.14. The van der Waals surface area contributed by atoms with E-state index in [1.807, 2.05) is 0 Å². The summed E-state index contributed by atoms with van der Waals surface area (Å²) in [7, 11) is 0. The highest BCUT2D eigenvalue weighted by Gasteiger charge is 2.11. The molecule has 0 aliphatic rings. The van der Waals surface area contributed by atoms with Crippen molar-refractivity contribution in [2.75, 3.05) is 6.61 Å². The average molecular weight is 208 g/mol. The number of esters is 1. The van der Waals surface area contributed by atoms with Gasteiger partial charge in [0.25, 0.3) is 0 Å². The van der Waals surface area contributed by atoms with E-state index in [1.54, 1.807) is 19.9 Å². The topological polar surface area (TPSA) is 52.1 Å². The van der Waals surface area contributed by atoms with Crippen molar-refractivity contribution in [1.82, 2.24) is 10.2 Å². The first-order valence-electron chi connectivity index (χ1n) is 5.13. The highest BCUT2D eigenvalue weighted by atomic mass is 16.5. The van der Waals surface area contributed by atoms with Gasteiger partial charge in [-0.3, -0.25) is 0 Å². The van der Waals surface area contributed by atoms with Crippen LogP contribution in [0.4, 0.5) is 0 Å². The van der Waals surface area contributed by atoms with Crippen molar-refractivity contribution in [1.29, 1.82) is 0 Å². The van der Waals surface area contributed by atoms with Gasteiger partial charge in [-0.05, 0) is 26.3 Å². The minimum Gasteiger partial charge on any atom is -0.462 e. The van der Waals surface area contributed by atoms with E-state index in [0.717, 1.165) is 18.5 Å². The van der Waals surface area contributed by atoms with E-state index in [9.17, 15) is 4.79 Å². The van der Waals surface area contributed by atoms with E-state index < -0.39 is 0 Å². The van der Waals surface area contributed by atoms with Gasteiger partial charge in [0, 0.05) is 0 Å². The van der Waals surface area contributed by atoms with E-state index in [-0.39, 0.29) is 5.97 Å². The summed E-state index contributed by atoms with van der Waals surface area (Å²) in [6.07, 6.45) is 1.90. The number of carbonyl (C=O) groups is 1. The summed E-state index contributed by atoms with van der Waals surface area (Å²) in [6, 6.07) is 1.70. The molecule has 1 aromatic rings. The molecule has 4 nitrogen and oxygen atoms in total. The number of nitrogens with zero attached hydrogens (tertiary/aromatic N) is 2. The van der Waals surface area contributed by atoms with Crippen molar-refractivity contribution in [2.24, 2.45) is 0 Å². The number of aryl methyl sites for hydroxylation is 2. The zero-order valence-corrected chi connectivity index (χ0v) is 9.41. The molecular weight excluding hydrogens is 192 g/mol. The Balaban J connectivity index is 2.68. The summed E-state index contributed by atoms with van der Waals surface area (Å²) in [5, 5.41) is 7.74. The average Bonchev–Trinajstić information content (AvgIpc) is 2.22. The Labute approximate surface area is 89.7 Å². The molecule has 0 aromatic carbocycles. The van der Waals surface area contributed by atoms with E-state index in [4.69, 9.17) is 4.74 Å². The van der Waals surface area contributed by atoms with Crippen LogP contribution in [0.25, 0.3) is 0 Å². The van der Waals surface area contributed by atoms with Gasteiger partial charge in [-0.25, -0.2) is 4.79 Å². The quantitative estimate of drug-likeness (QED) is 0.561. The van der Waals surface area contributed by atoms with Crippen molar-refractivity contribution in [3.05, 3.63) is 23.0 Å². The van der Waals surface area contributed by atoms with Crippen molar-refractivity contribution in [3.8, 4) is 0 Å². The molecule has 1 rings (SSSR count). The number of unbranched alkanes of at least 4 members (excludes halogenated alkanes) is 1. The molecule has 0 fully saturated rings. The minimum atomic E-state index is -0.307. The molecule has 0 aliphatic heterocycles. The van der Waals surface area contributed by atoms with Gasteiger partial charge in [-0.1, -0.05) is 13.3 Å². The summed E-state index contributed by atoms with van der Waals surface area (Å²) >= 11 is 0. The van der Waals surface area contributed by atoms with E-state index in [2.05, 4.69) is 17.1 Å². The molecule has 0 N–H and O–H groups in total. The number of carbonyl (C=O) groups excluding carboxylic acids is 1. The Morgan fingerprint density at radius 2 is 2.13 bits per heavy atom. The monoisotopic (exact) mass is 208 g/mol. The Morgan fingerprint density at radius 3 is 2.80 bits per heavy atom. The number of rotatable bonds is 4. The lowest BCUT2D eigenvalue weighted by Crippen LogP contribution is -2.10. The van der Waals surface area contributed by atoms with Crippen LogP contribution in [0.2, 0.25) is 0 Å². The van der Waals surface area contributed by atoms with Crippen LogP contribution in [-0.4, -0.2) is 22.8 Å². The van der Waals surface area contributed by atoms with Crippen molar-refractivity contribution in [2.45, 2.75) is 33.6 Å². The summed E-state index contributed by atoms with van der Waals surface area (Å²) in [4.78, 5) is 11.6. The molecule has 82 valence electrons. The molecule has 4 heteroatoms. The van der Waals surface area contributed by atoms with Gasteiger partial charge in [-0.15, -0.1) is 0 Å². The Hall–Kier alpha value is -1.45. The maximum atomic E-state index is 11.6. The van der Waals surface area contributed by atoms with E-state index >= 15 is 0 Å². The second-order valence-corrected chi connectivity index (χ2v) is 3.47. The Morgan fingerprint density at radius 1 is 1.40 bits per heavy atom. The van der Waals surface area contributed by atoms with Crippen LogP contribution in [0.3, 0.4) is 0 Å². The molecule has 0 spiro atoms. The molecule has 0 saturated carbocycles. The fraction of sp³-hybridized carbons (Fsp3) is 0.545. The number of hydrogen-bond acceptors (Lipinski definition) is 4. The predicted octanol–water partition coefficient (Wildman–Crippen LogP) is 2.05. The van der Waals surface area contributed by atoms with Gasteiger partial charge in [0.15, 0.2) is 0 Å². The molecular formula is C11H16N2O2. The first-order valence-corrected chi connectivity index (χ1v) is 5.13. The van der Waals surface area contributed by atoms with Crippen molar-refractivity contribution >= 4 is 5.97 Å². The number of aromatic nitrogens is 2. The summed E-state index contributed by atoms with van der Waals surface area (Å²) < 4.78 is 5.10. The lowest BCUT2D eigenvalue weighted by Gasteiger charge is -2.05. The largest absolute Gasteiger partial charge is 0.462 e.